The number of carbonyl (C=O) groups excluding carboxylic acids is 1. The first kappa shape index (κ1) is 16.8. The van der Waals surface area contributed by atoms with E-state index >= 15 is 0 Å². The van der Waals surface area contributed by atoms with Crippen molar-refractivity contribution in [3.8, 4) is 0 Å². The predicted octanol–water partition coefficient (Wildman–Crippen LogP) is 1.68. The molecule has 0 saturated carbocycles. The van der Waals surface area contributed by atoms with E-state index in [4.69, 9.17) is 15.6 Å². The Kier molecular flexibility index (Phi) is 4.11. The minimum Gasteiger partial charge on any atom is -0.465 e. The van der Waals surface area contributed by atoms with Gasteiger partial charge in [0.15, 0.2) is 0 Å². The van der Waals surface area contributed by atoms with Crippen molar-refractivity contribution in [3.05, 3.63) is 0 Å². The van der Waals surface area contributed by atoms with E-state index in [0.29, 0.717) is 0 Å². The highest BCUT2D eigenvalue weighted by Crippen LogP contribution is 2.41. The maximum absolute atomic E-state index is 12.4. The number of carbonyl (C=O) groups is 2. The largest absolute Gasteiger partial charge is 0.465 e. The Balaban J connectivity index is 3.07. The van der Waals surface area contributed by atoms with Crippen LogP contribution >= 0.6 is 0 Å². The average molecular weight is 286 g/mol. The molecule has 0 spiro atoms. The van der Waals surface area contributed by atoms with Gasteiger partial charge in [-0.3, -0.25) is 4.79 Å². The first-order valence-electron chi connectivity index (χ1n) is 6.77. The lowest BCUT2D eigenvalue weighted by molar-refractivity contribution is -0.162. The van der Waals surface area contributed by atoms with Gasteiger partial charge in [0, 0.05) is 13.1 Å². The zero-order valence-corrected chi connectivity index (χ0v) is 13.2. The highest BCUT2D eigenvalue weighted by Gasteiger charge is 2.56. The summed E-state index contributed by atoms with van der Waals surface area (Å²) < 4.78 is 5.40. The molecule has 0 radical (unpaired) electrons. The zero-order valence-electron chi connectivity index (χ0n) is 13.2. The second kappa shape index (κ2) is 4.91. The van der Waals surface area contributed by atoms with E-state index in [-0.39, 0.29) is 13.1 Å². The number of likely N-dealkylation sites (tertiary alicyclic amines) is 1. The topological polar surface area (TPSA) is 92.9 Å². The van der Waals surface area contributed by atoms with E-state index in [1.807, 2.05) is 20.8 Å². The van der Waals surface area contributed by atoms with Crippen LogP contribution in [0.2, 0.25) is 0 Å². The van der Waals surface area contributed by atoms with Gasteiger partial charge in [-0.25, -0.2) is 4.79 Å². The summed E-state index contributed by atoms with van der Waals surface area (Å²) in [6.45, 7) is 11.3. The van der Waals surface area contributed by atoms with Gasteiger partial charge in [0.2, 0.25) is 0 Å². The minimum absolute atomic E-state index is 0.0814. The molecular formula is C14H26N2O4. The molecule has 6 nitrogen and oxygen atoms in total. The van der Waals surface area contributed by atoms with Crippen molar-refractivity contribution in [2.45, 2.75) is 52.7 Å². The van der Waals surface area contributed by atoms with Crippen LogP contribution in [0.25, 0.3) is 0 Å². The molecule has 20 heavy (non-hydrogen) atoms. The fourth-order valence-electron chi connectivity index (χ4n) is 2.44. The van der Waals surface area contributed by atoms with E-state index in [9.17, 15) is 9.59 Å². The van der Waals surface area contributed by atoms with Crippen LogP contribution in [0.15, 0.2) is 0 Å². The molecule has 0 aromatic carbocycles. The molecule has 1 saturated heterocycles. The highest BCUT2D eigenvalue weighted by molar-refractivity contribution is 5.78. The molecule has 1 aliphatic rings. The Morgan fingerprint density at radius 1 is 1.25 bits per heavy atom. The first-order valence-corrected chi connectivity index (χ1v) is 6.77. The molecule has 3 N–H and O–H groups in total. The van der Waals surface area contributed by atoms with Gasteiger partial charge in [-0.1, -0.05) is 20.8 Å². The maximum atomic E-state index is 12.4. The van der Waals surface area contributed by atoms with E-state index in [0.717, 1.165) is 0 Å². The van der Waals surface area contributed by atoms with Crippen molar-refractivity contribution >= 4 is 12.1 Å². The number of esters is 1. The van der Waals surface area contributed by atoms with E-state index < -0.39 is 34.5 Å². The number of rotatable bonds is 1. The Labute approximate surface area is 120 Å². The lowest BCUT2D eigenvalue weighted by Crippen LogP contribution is -2.60. The summed E-state index contributed by atoms with van der Waals surface area (Å²) in [6, 6.07) is 0. The van der Waals surface area contributed by atoms with E-state index in [1.54, 1.807) is 20.8 Å². The molecule has 2 atom stereocenters. The van der Waals surface area contributed by atoms with Crippen molar-refractivity contribution in [1.29, 1.82) is 0 Å². The zero-order chi connectivity index (χ0) is 15.9. The standard InChI is InChI=1S/C14H26N2O4/c1-12(2,3)14(15)8-16(11(18)19)7-9(14)10(17)20-13(4,5)6/h9H,7-8,15H2,1-6H3,(H,18,19). The fraction of sp³-hybridized carbons (Fsp3) is 0.857. The summed E-state index contributed by atoms with van der Waals surface area (Å²) >= 11 is 0. The quantitative estimate of drug-likeness (QED) is 0.715. The molecule has 0 aromatic rings. The Morgan fingerprint density at radius 3 is 2.10 bits per heavy atom. The van der Waals surface area contributed by atoms with Gasteiger partial charge < -0.3 is 20.5 Å². The third kappa shape index (κ3) is 3.23. The Morgan fingerprint density at radius 2 is 1.75 bits per heavy atom. The number of ether oxygens (including phenoxy) is 1. The van der Waals surface area contributed by atoms with Gasteiger partial charge in [0.25, 0.3) is 0 Å². The van der Waals surface area contributed by atoms with Gasteiger partial charge in [-0.05, 0) is 26.2 Å². The summed E-state index contributed by atoms with van der Waals surface area (Å²) in [4.78, 5) is 24.8. The van der Waals surface area contributed by atoms with Crippen LogP contribution in [0.3, 0.4) is 0 Å². The lowest BCUT2D eigenvalue weighted by atomic mass is 9.68. The van der Waals surface area contributed by atoms with Gasteiger partial charge in [-0.2, -0.15) is 0 Å². The van der Waals surface area contributed by atoms with Crippen LogP contribution in [0, 0.1) is 11.3 Å². The molecule has 1 aliphatic heterocycles. The Bertz CT molecular complexity index is 408. The average Bonchev–Trinajstić information content (AvgIpc) is 2.54. The summed E-state index contributed by atoms with van der Waals surface area (Å²) in [5, 5.41) is 9.16. The molecule has 6 heteroatoms. The van der Waals surface area contributed by atoms with Crippen molar-refractivity contribution in [2.75, 3.05) is 13.1 Å². The van der Waals surface area contributed by atoms with Gasteiger partial charge >= 0.3 is 12.1 Å². The molecule has 1 rings (SSSR count). The fourth-order valence-corrected chi connectivity index (χ4v) is 2.44. The second-order valence-electron chi connectivity index (χ2n) is 7.54. The lowest BCUT2D eigenvalue weighted by Gasteiger charge is -2.41. The molecule has 116 valence electrons. The van der Waals surface area contributed by atoms with Crippen LogP contribution in [0.4, 0.5) is 4.79 Å². The van der Waals surface area contributed by atoms with Crippen LogP contribution in [0.5, 0.6) is 0 Å². The normalized spacial score (nSPS) is 27.6. The third-order valence-electron chi connectivity index (χ3n) is 3.84. The SMILES string of the molecule is CC(C)(C)OC(=O)C1CN(C(=O)O)CC1(N)C(C)(C)C. The monoisotopic (exact) mass is 286 g/mol. The molecule has 0 aromatic heterocycles. The van der Waals surface area contributed by atoms with Crippen LogP contribution < -0.4 is 5.73 Å². The number of carboxylic acid groups (broad SMARTS) is 1. The number of hydrogen-bond donors (Lipinski definition) is 2. The van der Waals surface area contributed by atoms with Gasteiger partial charge in [0.1, 0.15) is 5.60 Å². The molecule has 0 aliphatic carbocycles. The predicted molar refractivity (Wildman–Crippen MR) is 75.3 cm³/mol. The van der Waals surface area contributed by atoms with Gasteiger partial charge in [0.05, 0.1) is 11.5 Å². The number of nitrogens with two attached hydrogens (primary N) is 1. The summed E-state index contributed by atoms with van der Waals surface area (Å²) in [7, 11) is 0. The van der Waals surface area contributed by atoms with Crippen LogP contribution in [-0.2, 0) is 9.53 Å². The van der Waals surface area contributed by atoms with E-state index in [2.05, 4.69) is 0 Å². The Hall–Kier alpha value is -1.30. The first-order chi connectivity index (χ1) is 8.78. The third-order valence-corrected chi connectivity index (χ3v) is 3.84. The molecule has 1 heterocycles. The highest BCUT2D eigenvalue weighted by atomic mass is 16.6. The molecule has 1 amide bonds. The van der Waals surface area contributed by atoms with Crippen LogP contribution in [0.1, 0.15) is 41.5 Å². The second-order valence-corrected chi connectivity index (χ2v) is 7.54. The molecule has 0 bridgehead atoms. The van der Waals surface area contributed by atoms with Crippen molar-refractivity contribution < 1.29 is 19.4 Å². The smallest absolute Gasteiger partial charge is 0.407 e. The number of hydrogen-bond acceptors (Lipinski definition) is 4. The molecule has 2 unspecified atom stereocenters. The molecular weight excluding hydrogens is 260 g/mol. The van der Waals surface area contributed by atoms with Crippen molar-refractivity contribution in [2.24, 2.45) is 17.1 Å². The summed E-state index contributed by atoms with van der Waals surface area (Å²) in [5.41, 5.74) is 4.45. The van der Waals surface area contributed by atoms with Gasteiger partial charge in [-0.15, -0.1) is 0 Å². The van der Waals surface area contributed by atoms with E-state index in [1.165, 1.54) is 4.90 Å². The number of amides is 1. The number of nitrogens with zero attached hydrogens (tertiary/aromatic N) is 1. The summed E-state index contributed by atoms with van der Waals surface area (Å²) in [5.74, 6) is -1.09. The summed E-state index contributed by atoms with van der Waals surface area (Å²) in [6.07, 6.45) is -1.06. The molecule has 1 fully saturated rings. The maximum Gasteiger partial charge on any atom is 0.407 e. The van der Waals surface area contributed by atoms with Crippen molar-refractivity contribution in [3.63, 3.8) is 0 Å². The van der Waals surface area contributed by atoms with Crippen LogP contribution in [-0.4, -0.2) is 46.3 Å². The minimum atomic E-state index is -1.06. The van der Waals surface area contributed by atoms with Crippen molar-refractivity contribution in [1.82, 2.24) is 4.90 Å².